The third kappa shape index (κ3) is 16.7. The Morgan fingerprint density at radius 3 is 1.13 bits per heavy atom. The molecule has 0 aromatic heterocycles. The molecule has 0 unspecified atom stereocenters. The van der Waals surface area contributed by atoms with Gasteiger partial charge in [-0.2, -0.15) is 0 Å². The van der Waals surface area contributed by atoms with Crippen molar-refractivity contribution in [1.82, 2.24) is 5.32 Å². The molecule has 1 N–H and O–H groups in total. The molecule has 0 aromatic rings. The maximum absolute atomic E-state index is 7.75. The van der Waals surface area contributed by atoms with Gasteiger partial charge in [0.15, 0.2) is 0 Å². The van der Waals surface area contributed by atoms with Crippen molar-refractivity contribution in [3.63, 3.8) is 0 Å². The standard InChI is InChI=1S/C16H37NP2.CHO.BrH.Fe.H/c1-13(2)18(14(3)4)11-9-17-10-12-19(15(5)6)16(7)8;1-2;;;/h13-17H,9-12H2,1-8H3;1H;1H;;/q;-1;;+1;/p+1. The fourth-order valence-electron chi connectivity index (χ4n) is 3.08. The first-order chi connectivity index (χ1) is 10.8. The fraction of sp³-hybridized carbons (Fsp3) is 0.941. The summed E-state index contributed by atoms with van der Waals surface area (Å²) in [5.41, 5.74) is 3.66. The molecule has 0 atom stereocenters. The summed E-state index contributed by atoms with van der Waals surface area (Å²) < 4.78 is 0. The van der Waals surface area contributed by atoms with Crippen molar-refractivity contribution >= 4 is 36.7 Å². The van der Waals surface area contributed by atoms with E-state index in [1.807, 2.05) is 0 Å². The number of hydrogen-bond donors (Lipinski definition) is 1. The molecule has 0 saturated heterocycles. The molecule has 0 saturated carbocycles. The second-order valence-electron chi connectivity index (χ2n) is 7.02. The molecule has 0 aliphatic rings. The predicted octanol–water partition coefficient (Wildman–Crippen LogP) is 4.94. The molecule has 0 aromatic carbocycles. The van der Waals surface area contributed by atoms with Crippen LogP contribution in [-0.2, 0) is 19.0 Å². The van der Waals surface area contributed by atoms with E-state index in [4.69, 9.17) is 4.79 Å². The van der Waals surface area contributed by atoms with Crippen molar-refractivity contribution in [1.29, 1.82) is 0 Å². The monoisotopic (exact) mass is 472 g/mol. The van der Waals surface area contributed by atoms with E-state index in [-0.39, 0.29) is 15.8 Å². The second-order valence-corrected chi connectivity index (χ2v) is 14.9. The van der Waals surface area contributed by atoms with Gasteiger partial charge in [-0.3, -0.25) is 6.79 Å². The molecule has 23 heavy (non-hydrogen) atoms. The Balaban J connectivity index is -0.000000919. The van der Waals surface area contributed by atoms with E-state index in [1.54, 1.807) is 0 Å². The van der Waals surface area contributed by atoms with E-state index in [0.717, 1.165) is 22.6 Å². The number of rotatable bonds is 10. The number of carbonyl (C=O) groups excluding carboxylic acids is 1. The molecule has 0 rings (SSSR count). The van der Waals surface area contributed by atoms with Crippen LogP contribution in [0.1, 0.15) is 55.4 Å². The first-order valence-electron chi connectivity index (χ1n) is 8.57. The molecule has 0 aliphatic heterocycles. The average Bonchev–Trinajstić information content (AvgIpc) is 2.48. The van der Waals surface area contributed by atoms with Gasteiger partial charge in [0.25, 0.3) is 0 Å². The second kappa shape index (κ2) is 19.8. The van der Waals surface area contributed by atoms with E-state index >= 15 is 0 Å². The Kier molecular flexibility index (Phi) is 25.2. The Hall–Kier alpha value is 1.49. The van der Waals surface area contributed by atoms with Gasteiger partial charge in [-0.25, -0.2) is 0 Å². The van der Waals surface area contributed by atoms with Crippen LogP contribution in [0.25, 0.3) is 0 Å². The van der Waals surface area contributed by atoms with Crippen LogP contribution in [0.2, 0.25) is 0 Å². The molecule has 0 radical (unpaired) electrons. The quantitative estimate of drug-likeness (QED) is 0.160. The first kappa shape index (κ1) is 29.3. The summed E-state index contributed by atoms with van der Waals surface area (Å²) in [6.07, 6.45) is 2.87. The molecule has 0 heterocycles. The van der Waals surface area contributed by atoms with E-state index in [1.165, 1.54) is 25.4 Å². The van der Waals surface area contributed by atoms with Gasteiger partial charge in [-0.1, -0.05) is 0 Å². The van der Waals surface area contributed by atoms with Crippen LogP contribution in [0, 0.1) is 0 Å². The van der Waals surface area contributed by atoms with Gasteiger partial charge in [-0.05, 0) is 55.4 Å². The van der Waals surface area contributed by atoms with Crippen LogP contribution in [0.4, 0.5) is 0 Å². The van der Waals surface area contributed by atoms with Gasteiger partial charge in [0.05, 0.1) is 35.0 Å². The molecule has 0 fully saturated rings. The molecule has 2 nitrogen and oxygen atoms in total. The van der Waals surface area contributed by atoms with Crippen molar-refractivity contribution in [2.75, 3.05) is 25.4 Å². The number of halogens is 1. The molecule has 144 valence electrons. The Morgan fingerprint density at radius 1 is 0.739 bits per heavy atom. The summed E-state index contributed by atoms with van der Waals surface area (Å²) in [4.78, 5) is 7.75. The molecule has 0 aliphatic carbocycles. The molecule has 0 bridgehead atoms. The minimum absolute atomic E-state index is 0.166. The van der Waals surface area contributed by atoms with Gasteiger partial charge in [-0.15, -0.1) is 0 Å². The zero-order chi connectivity index (χ0) is 19.0. The molecular formula is C17H41BrFeNOP2+. The van der Waals surface area contributed by atoms with Gasteiger partial charge in [0.2, 0.25) is 0 Å². The average molecular weight is 473 g/mol. The summed E-state index contributed by atoms with van der Waals surface area (Å²) in [5, 5.41) is 3.72. The fourth-order valence-corrected chi connectivity index (χ4v) is 8.99. The molecular weight excluding hydrogens is 432 g/mol. The SMILES string of the molecule is CC(C)[PH+](CCNCC[PH+](C(C)C)C(C)C)C(C)C.[CH-]=O.[FeH][Br]. The zero-order valence-corrected chi connectivity index (χ0v) is 21.1. The van der Waals surface area contributed by atoms with Gasteiger partial charge in [0.1, 0.15) is 0 Å². The van der Waals surface area contributed by atoms with Crippen LogP contribution in [0.3, 0.4) is 0 Å². The van der Waals surface area contributed by atoms with Gasteiger partial charge >= 0.3 is 28.3 Å². The van der Waals surface area contributed by atoms with E-state index in [0.29, 0.717) is 0 Å². The first-order valence-corrected chi connectivity index (χ1v) is 15.2. The number of nitrogens with one attached hydrogen (secondary N) is 1. The topological polar surface area (TPSA) is 29.1 Å². The Bertz CT molecular complexity index is 207. The summed E-state index contributed by atoms with van der Waals surface area (Å²) in [7, 11) is -0.331. The van der Waals surface area contributed by atoms with Crippen LogP contribution >= 0.6 is 30.0 Å². The Morgan fingerprint density at radius 2 is 0.957 bits per heavy atom. The van der Waals surface area contributed by atoms with Crippen molar-refractivity contribution in [3.05, 3.63) is 0 Å². The molecule has 6 heteroatoms. The van der Waals surface area contributed by atoms with Crippen LogP contribution in [0.15, 0.2) is 0 Å². The normalized spacial score (nSPS) is 11.2. The maximum atomic E-state index is 7.75. The summed E-state index contributed by atoms with van der Waals surface area (Å²) in [5.74, 6) is 0. The van der Waals surface area contributed by atoms with Crippen LogP contribution < -0.4 is 5.32 Å². The van der Waals surface area contributed by atoms with Crippen molar-refractivity contribution in [2.24, 2.45) is 0 Å². The summed E-state index contributed by atoms with van der Waals surface area (Å²) in [6, 6.07) is 0. The predicted molar refractivity (Wildman–Crippen MR) is 117 cm³/mol. The molecule has 0 amide bonds. The van der Waals surface area contributed by atoms with E-state index in [9.17, 15) is 0 Å². The van der Waals surface area contributed by atoms with Gasteiger partial charge < -0.3 is 10.1 Å². The molecule has 0 spiro atoms. The van der Waals surface area contributed by atoms with Gasteiger partial charge in [0, 0.05) is 28.9 Å². The number of hydrogen-bond acceptors (Lipinski definition) is 2. The third-order valence-electron chi connectivity index (χ3n) is 4.15. The van der Waals surface area contributed by atoms with Crippen molar-refractivity contribution < 1.29 is 19.0 Å². The van der Waals surface area contributed by atoms with Crippen LogP contribution in [0.5, 0.6) is 0 Å². The third-order valence-corrected chi connectivity index (χ3v) is 11.7. The Labute approximate surface area is 164 Å². The summed E-state index contributed by atoms with van der Waals surface area (Å²) >= 11 is 5.50. The van der Waals surface area contributed by atoms with E-state index < -0.39 is 0 Å². The van der Waals surface area contributed by atoms with E-state index in [2.05, 4.69) is 95.8 Å². The van der Waals surface area contributed by atoms with Crippen LogP contribution in [-0.4, -0.2) is 54.8 Å². The minimum atomic E-state index is -0.166. The summed E-state index contributed by atoms with van der Waals surface area (Å²) in [6.45, 7) is 25.0. The van der Waals surface area contributed by atoms with Crippen molar-refractivity contribution in [2.45, 2.75) is 78.0 Å². The van der Waals surface area contributed by atoms with Crippen molar-refractivity contribution in [3.8, 4) is 0 Å². The zero-order valence-electron chi connectivity index (χ0n) is 16.4.